The van der Waals surface area contributed by atoms with Crippen molar-refractivity contribution in [3.05, 3.63) is 76.1 Å². The lowest BCUT2D eigenvalue weighted by atomic mass is 9.73. The third-order valence-electron chi connectivity index (χ3n) is 12.2. The molecule has 4 saturated heterocycles. The molecule has 274 valence electrons. The van der Waals surface area contributed by atoms with Crippen LogP contribution in [-0.2, 0) is 22.6 Å². The zero-order valence-electron chi connectivity index (χ0n) is 30.7. The molecule has 11 nitrogen and oxygen atoms in total. The van der Waals surface area contributed by atoms with Crippen molar-refractivity contribution in [2.75, 3.05) is 53.5 Å². The zero-order chi connectivity index (χ0) is 36.6. The largest absolute Gasteiger partial charge is 0.481 e. The summed E-state index contributed by atoms with van der Waals surface area (Å²) >= 11 is 7.29. The van der Waals surface area contributed by atoms with Gasteiger partial charge in [0.15, 0.2) is 0 Å². The van der Waals surface area contributed by atoms with E-state index < -0.39 is 0 Å². The predicted molar refractivity (Wildman–Crippen MR) is 202 cm³/mol. The summed E-state index contributed by atoms with van der Waals surface area (Å²) in [5, 5.41) is 3.83. The Morgan fingerprint density at radius 1 is 0.925 bits per heavy atom. The van der Waals surface area contributed by atoms with Crippen molar-refractivity contribution in [3.8, 4) is 45.4 Å². The molecule has 2 amide bonds. The van der Waals surface area contributed by atoms with Gasteiger partial charge in [-0.3, -0.25) is 24.4 Å². The summed E-state index contributed by atoms with van der Waals surface area (Å²) in [5.41, 5.74) is 9.63. The van der Waals surface area contributed by atoms with Gasteiger partial charge in [-0.15, -0.1) is 0 Å². The molecular formula is C41H44ClN7O4. The molecule has 9 rings (SSSR count). The van der Waals surface area contributed by atoms with Crippen molar-refractivity contribution in [3.63, 3.8) is 0 Å². The van der Waals surface area contributed by atoms with Crippen LogP contribution in [0.25, 0.3) is 33.6 Å². The SMILES string of the molecule is COc1nc(-c2cccc(-c3cccc(-c4cc5c(c(OC)n4)[C@@H](N4CC6(CCC(=O)N6)C4)CC5)c3Cl)c2C)cnc1CN1CC2(C1)CN(C(C)=O)C2. The van der Waals surface area contributed by atoms with E-state index >= 15 is 0 Å². The molecule has 2 aromatic heterocycles. The van der Waals surface area contributed by atoms with E-state index in [4.69, 9.17) is 36.0 Å². The fourth-order valence-corrected chi connectivity index (χ4v) is 9.88. The van der Waals surface area contributed by atoms with Crippen LogP contribution in [0.3, 0.4) is 0 Å². The number of fused-ring (bicyclic) bond motifs is 1. The molecule has 0 unspecified atom stereocenters. The molecule has 0 saturated carbocycles. The molecule has 0 radical (unpaired) electrons. The molecule has 5 aliphatic rings. The van der Waals surface area contributed by atoms with Crippen LogP contribution < -0.4 is 14.8 Å². The highest BCUT2D eigenvalue weighted by Gasteiger charge is 2.53. The number of hydrogen-bond acceptors (Lipinski definition) is 9. The number of halogens is 1. The van der Waals surface area contributed by atoms with Gasteiger partial charge in [-0.2, -0.15) is 0 Å². The van der Waals surface area contributed by atoms with Crippen LogP contribution in [0.4, 0.5) is 0 Å². The number of pyridine rings is 1. The van der Waals surface area contributed by atoms with Gasteiger partial charge in [-0.05, 0) is 48.9 Å². The highest BCUT2D eigenvalue weighted by Crippen LogP contribution is 2.48. The maximum Gasteiger partial charge on any atom is 0.237 e. The lowest BCUT2D eigenvalue weighted by molar-refractivity contribution is -0.157. The first-order valence-electron chi connectivity index (χ1n) is 18.5. The Hall–Kier alpha value is -4.58. The van der Waals surface area contributed by atoms with Crippen molar-refractivity contribution in [1.29, 1.82) is 0 Å². The predicted octanol–water partition coefficient (Wildman–Crippen LogP) is 5.47. The van der Waals surface area contributed by atoms with Crippen molar-refractivity contribution >= 4 is 23.4 Å². The fraction of sp³-hybridized carbons (Fsp3) is 0.439. The molecule has 4 fully saturated rings. The smallest absolute Gasteiger partial charge is 0.237 e. The molecule has 1 aliphatic carbocycles. The number of hydrogen-bond donors (Lipinski definition) is 1. The Labute approximate surface area is 314 Å². The summed E-state index contributed by atoms with van der Waals surface area (Å²) < 4.78 is 11.7. The van der Waals surface area contributed by atoms with Gasteiger partial charge >= 0.3 is 0 Å². The van der Waals surface area contributed by atoms with E-state index in [2.05, 4.69) is 40.2 Å². The highest BCUT2D eigenvalue weighted by atomic mass is 35.5. The van der Waals surface area contributed by atoms with Crippen LogP contribution in [0.5, 0.6) is 11.8 Å². The molecular weight excluding hydrogens is 690 g/mol. The van der Waals surface area contributed by atoms with Crippen molar-refractivity contribution in [2.45, 2.75) is 57.7 Å². The Bertz CT molecular complexity index is 2150. The number of amides is 2. The second-order valence-corrected chi connectivity index (χ2v) is 16.1. The van der Waals surface area contributed by atoms with Gasteiger partial charge in [0.2, 0.25) is 23.6 Å². The summed E-state index contributed by atoms with van der Waals surface area (Å²) in [5.74, 6) is 1.47. The minimum absolute atomic E-state index is 0.0678. The van der Waals surface area contributed by atoms with E-state index in [0.29, 0.717) is 29.7 Å². The third-order valence-corrected chi connectivity index (χ3v) is 12.6. The van der Waals surface area contributed by atoms with E-state index in [-0.39, 0.29) is 28.8 Å². The average Bonchev–Trinajstić information content (AvgIpc) is 3.71. The van der Waals surface area contributed by atoms with Crippen LogP contribution in [-0.4, -0.2) is 100 Å². The number of aromatic nitrogens is 3. The Morgan fingerprint density at radius 2 is 1.62 bits per heavy atom. The summed E-state index contributed by atoms with van der Waals surface area (Å²) in [7, 11) is 3.33. The molecule has 4 aromatic rings. The zero-order valence-corrected chi connectivity index (χ0v) is 31.4. The highest BCUT2D eigenvalue weighted by molar-refractivity contribution is 6.36. The second-order valence-electron chi connectivity index (χ2n) is 15.8. The van der Waals surface area contributed by atoms with E-state index in [0.717, 1.165) is 109 Å². The fourth-order valence-electron chi connectivity index (χ4n) is 9.56. The third kappa shape index (κ3) is 5.75. The summed E-state index contributed by atoms with van der Waals surface area (Å²) in [6.45, 7) is 9.67. The normalized spacial score (nSPS) is 21.2. The van der Waals surface area contributed by atoms with Crippen molar-refractivity contribution in [2.24, 2.45) is 5.41 Å². The molecule has 4 aliphatic heterocycles. The number of methoxy groups -OCH3 is 2. The van der Waals surface area contributed by atoms with Crippen LogP contribution >= 0.6 is 11.6 Å². The van der Waals surface area contributed by atoms with Gasteiger partial charge in [-0.1, -0.05) is 48.0 Å². The molecule has 2 spiro atoms. The maximum atomic E-state index is 11.9. The van der Waals surface area contributed by atoms with Crippen LogP contribution in [0, 0.1) is 12.3 Å². The number of carbonyl (C=O) groups is 2. The van der Waals surface area contributed by atoms with Gasteiger partial charge in [0.1, 0.15) is 5.69 Å². The van der Waals surface area contributed by atoms with Gasteiger partial charge in [0.05, 0.1) is 42.4 Å². The van der Waals surface area contributed by atoms with Gasteiger partial charge < -0.3 is 19.7 Å². The number of benzene rings is 2. The Kier molecular flexibility index (Phi) is 8.25. The minimum atomic E-state index is -0.0678. The number of ether oxygens (including phenoxy) is 2. The number of nitrogens with one attached hydrogen (secondary N) is 1. The molecule has 2 aromatic carbocycles. The van der Waals surface area contributed by atoms with E-state index in [9.17, 15) is 9.59 Å². The minimum Gasteiger partial charge on any atom is -0.481 e. The monoisotopic (exact) mass is 733 g/mol. The Morgan fingerprint density at radius 3 is 2.32 bits per heavy atom. The number of carbonyl (C=O) groups excluding carboxylic acids is 2. The average molecular weight is 734 g/mol. The summed E-state index contributed by atoms with van der Waals surface area (Å²) in [6, 6.07) is 14.7. The number of rotatable bonds is 8. The van der Waals surface area contributed by atoms with Crippen molar-refractivity contribution < 1.29 is 19.1 Å². The first-order valence-corrected chi connectivity index (χ1v) is 18.9. The Balaban J connectivity index is 0.956. The summed E-state index contributed by atoms with van der Waals surface area (Å²) in [6.07, 6.45) is 5.28. The first kappa shape index (κ1) is 34.2. The quantitative estimate of drug-likeness (QED) is 0.252. The topological polar surface area (TPSA) is 113 Å². The van der Waals surface area contributed by atoms with Gasteiger partial charge in [0.25, 0.3) is 0 Å². The number of likely N-dealkylation sites (tertiary alicyclic amines) is 3. The van der Waals surface area contributed by atoms with E-state index in [1.807, 2.05) is 35.4 Å². The lowest BCUT2D eigenvalue weighted by Crippen LogP contribution is -2.72. The van der Waals surface area contributed by atoms with Crippen LogP contribution in [0.2, 0.25) is 5.02 Å². The second kappa shape index (κ2) is 12.8. The molecule has 1 N–H and O–H groups in total. The van der Waals surface area contributed by atoms with E-state index in [1.165, 1.54) is 5.56 Å². The van der Waals surface area contributed by atoms with E-state index in [1.54, 1.807) is 21.1 Å². The lowest BCUT2D eigenvalue weighted by Gasteiger charge is -2.60. The molecule has 1 atom stereocenters. The number of aryl methyl sites for hydroxylation is 1. The number of nitrogens with zero attached hydrogens (tertiary/aromatic N) is 6. The van der Waals surface area contributed by atoms with Crippen LogP contribution in [0.15, 0.2) is 48.7 Å². The summed E-state index contributed by atoms with van der Waals surface area (Å²) in [4.78, 5) is 45.1. The first-order chi connectivity index (χ1) is 25.6. The molecule has 12 heteroatoms. The van der Waals surface area contributed by atoms with Gasteiger partial charge in [0, 0.05) is 92.9 Å². The molecule has 53 heavy (non-hydrogen) atoms. The van der Waals surface area contributed by atoms with Gasteiger partial charge in [-0.25, -0.2) is 9.97 Å². The van der Waals surface area contributed by atoms with Crippen LogP contribution in [0.1, 0.15) is 54.6 Å². The van der Waals surface area contributed by atoms with Crippen molar-refractivity contribution in [1.82, 2.24) is 35.0 Å². The standard InChI is InChI=1S/C41H44ClN7O4/c1-24-27(7-5-8-28(24)32-16-43-33(38(45-32)52-3)17-47-18-40(19-47)20-48(21-40)25(2)50)29-9-6-10-30(37(29)42)31-15-26-11-12-34(36(26)39(44-31)53-4)49-22-41(23-49)14-13-35(51)46-41/h5-10,15-16,34H,11-14,17-23H2,1-4H3,(H,46,51)/t34-/m0/s1. The molecule has 0 bridgehead atoms. The molecule has 6 heterocycles. The maximum absolute atomic E-state index is 11.9.